The highest BCUT2D eigenvalue weighted by molar-refractivity contribution is 7.89. The first kappa shape index (κ1) is 19.3. The van der Waals surface area contributed by atoms with Crippen molar-refractivity contribution in [1.29, 1.82) is 0 Å². The minimum absolute atomic E-state index is 0.162. The van der Waals surface area contributed by atoms with E-state index in [-0.39, 0.29) is 12.1 Å². The molecule has 5 nitrogen and oxygen atoms in total. The Labute approximate surface area is 159 Å². The van der Waals surface area contributed by atoms with E-state index in [1.165, 1.54) is 0 Å². The summed E-state index contributed by atoms with van der Waals surface area (Å²) in [5.74, 6) is 0. The second kappa shape index (κ2) is 7.29. The largest absolute Gasteiger partial charge is 0.322 e. The van der Waals surface area contributed by atoms with E-state index < -0.39 is 10.0 Å². The molecule has 0 bridgehead atoms. The zero-order chi connectivity index (χ0) is 19.8. The molecule has 0 radical (unpaired) electrons. The van der Waals surface area contributed by atoms with Crippen molar-refractivity contribution < 1.29 is 8.42 Å². The lowest BCUT2D eigenvalue weighted by Gasteiger charge is -2.13. The normalized spacial score (nSPS) is 11.9. The van der Waals surface area contributed by atoms with Gasteiger partial charge in [-0.05, 0) is 68.8 Å². The van der Waals surface area contributed by atoms with Crippen molar-refractivity contribution in [1.82, 2.24) is 9.71 Å². The van der Waals surface area contributed by atoms with E-state index >= 15 is 0 Å². The third kappa shape index (κ3) is 4.12. The molecule has 0 fully saturated rings. The zero-order valence-electron chi connectivity index (χ0n) is 16.0. The van der Waals surface area contributed by atoms with E-state index in [1.807, 2.05) is 50.2 Å². The summed E-state index contributed by atoms with van der Waals surface area (Å²) in [7, 11) is -3.63. The third-order valence-electron chi connectivity index (χ3n) is 4.64. The highest BCUT2D eigenvalue weighted by Gasteiger charge is 2.19. The van der Waals surface area contributed by atoms with Gasteiger partial charge in [0, 0.05) is 17.6 Å². The van der Waals surface area contributed by atoms with Gasteiger partial charge in [-0.1, -0.05) is 29.3 Å². The molecule has 0 aliphatic heterocycles. The van der Waals surface area contributed by atoms with Gasteiger partial charge in [0.25, 0.3) is 5.56 Å². The average molecular weight is 385 g/mol. The molecule has 3 aromatic rings. The van der Waals surface area contributed by atoms with Gasteiger partial charge in [0.15, 0.2) is 0 Å². The second-order valence-corrected chi connectivity index (χ2v) is 8.79. The van der Waals surface area contributed by atoms with Gasteiger partial charge in [0.05, 0.1) is 4.90 Å². The van der Waals surface area contributed by atoms with Crippen molar-refractivity contribution in [3.63, 3.8) is 0 Å². The maximum absolute atomic E-state index is 12.7. The molecule has 0 aliphatic carbocycles. The molecule has 0 unspecified atom stereocenters. The lowest BCUT2D eigenvalue weighted by atomic mass is 10.1. The number of sulfonamides is 1. The van der Waals surface area contributed by atoms with E-state index in [1.54, 1.807) is 13.8 Å². The predicted octanol–water partition coefficient (Wildman–Crippen LogP) is 3.28. The van der Waals surface area contributed by atoms with Crippen LogP contribution in [0, 0.1) is 27.7 Å². The van der Waals surface area contributed by atoms with Gasteiger partial charge in [0.1, 0.15) is 0 Å². The number of fused-ring (bicyclic) bond motifs is 1. The van der Waals surface area contributed by atoms with Crippen LogP contribution >= 0.6 is 0 Å². The lowest BCUT2D eigenvalue weighted by Crippen LogP contribution is -2.28. The first-order valence-corrected chi connectivity index (χ1v) is 10.4. The van der Waals surface area contributed by atoms with E-state index in [9.17, 15) is 13.2 Å². The monoisotopic (exact) mass is 384 g/mol. The molecule has 0 atom stereocenters. The minimum atomic E-state index is -3.63. The van der Waals surface area contributed by atoms with Gasteiger partial charge < -0.3 is 4.98 Å². The Morgan fingerprint density at radius 1 is 0.926 bits per heavy atom. The fraction of sp³-hybridized carbons (Fsp3) is 0.286. The highest BCUT2D eigenvalue weighted by atomic mass is 32.2. The number of aromatic nitrogens is 1. The Bertz CT molecular complexity index is 1150. The van der Waals surface area contributed by atoms with Crippen molar-refractivity contribution in [3.05, 3.63) is 74.6 Å². The van der Waals surface area contributed by atoms with Crippen LogP contribution in [0.3, 0.4) is 0 Å². The van der Waals surface area contributed by atoms with Crippen molar-refractivity contribution in [3.8, 4) is 0 Å². The lowest BCUT2D eigenvalue weighted by molar-refractivity contribution is 0.580. The number of pyridine rings is 1. The number of hydrogen-bond acceptors (Lipinski definition) is 3. The molecule has 27 heavy (non-hydrogen) atoms. The standard InChI is InChI=1S/C21H24N2O3S/c1-13-5-6-19-18(11-13)12-17(21(24)23-19)7-8-22-27(25,26)20-15(3)9-14(2)10-16(20)4/h5-6,9-12,22H,7-8H2,1-4H3,(H,23,24). The Kier molecular flexibility index (Phi) is 5.22. The topological polar surface area (TPSA) is 79.0 Å². The van der Waals surface area contributed by atoms with Crippen LogP contribution in [-0.2, 0) is 16.4 Å². The van der Waals surface area contributed by atoms with Crippen LogP contribution in [-0.4, -0.2) is 19.9 Å². The van der Waals surface area contributed by atoms with Gasteiger partial charge in [-0.2, -0.15) is 0 Å². The summed E-state index contributed by atoms with van der Waals surface area (Å²) >= 11 is 0. The summed E-state index contributed by atoms with van der Waals surface area (Å²) in [6, 6.07) is 11.4. The van der Waals surface area contributed by atoms with Crippen LogP contribution < -0.4 is 10.3 Å². The van der Waals surface area contributed by atoms with Gasteiger partial charge in [-0.3, -0.25) is 4.79 Å². The smallest absolute Gasteiger partial charge is 0.251 e. The number of aromatic amines is 1. The number of benzene rings is 2. The third-order valence-corrected chi connectivity index (χ3v) is 6.40. The van der Waals surface area contributed by atoms with Crippen LogP contribution in [0.4, 0.5) is 0 Å². The molecule has 2 N–H and O–H groups in total. The van der Waals surface area contributed by atoms with Gasteiger partial charge in [-0.25, -0.2) is 13.1 Å². The molecule has 0 saturated carbocycles. The van der Waals surface area contributed by atoms with E-state index in [0.717, 1.165) is 33.2 Å². The molecular formula is C21H24N2O3S. The van der Waals surface area contributed by atoms with Crippen molar-refractivity contribution in [2.24, 2.45) is 0 Å². The summed E-state index contributed by atoms with van der Waals surface area (Å²) in [5.41, 5.74) is 4.73. The molecule has 0 saturated heterocycles. The molecule has 1 aromatic heterocycles. The number of H-pyrrole nitrogens is 1. The van der Waals surface area contributed by atoms with Crippen LogP contribution in [0.1, 0.15) is 27.8 Å². The number of hydrogen-bond donors (Lipinski definition) is 2. The van der Waals surface area contributed by atoms with Crippen molar-refractivity contribution in [2.75, 3.05) is 6.54 Å². The maximum atomic E-state index is 12.7. The first-order chi connectivity index (χ1) is 12.7. The zero-order valence-corrected chi connectivity index (χ0v) is 16.8. The summed E-state index contributed by atoms with van der Waals surface area (Å²) in [6.07, 6.45) is 0.322. The fourth-order valence-electron chi connectivity index (χ4n) is 3.54. The summed E-state index contributed by atoms with van der Waals surface area (Å²) in [5, 5.41) is 0.942. The minimum Gasteiger partial charge on any atom is -0.322 e. The maximum Gasteiger partial charge on any atom is 0.251 e. The molecule has 142 valence electrons. The molecule has 6 heteroatoms. The van der Waals surface area contributed by atoms with Crippen LogP contribution in [0.5, 0.6) is 0 Å². The SMILES string of the molecule is Cc1cc(C)c(S(=O)(=O)NCCc2cc3cc(C)ccc3[nH]c2=O)c(C)c1. The Morgan fingerprint density at radius 2 is 1.59 bits per heavy atom. The molecule has 1 heterocycles. The molecule has 2 aromatic carbocycles. The number of nitrogens with one attached hydrogen (secondary N) is 2. The Hall–Kier alpha value is -2.44. The quantitative estimate of drug-likeness (QED) is 0.708. The highest BCUT2D eigenvalue weighted by Crippen LogP contribution is 2.21. The molecule has 3 rings (SSSR count). The van der Waals surface area contributed by atoms with Gasteiger partial charge in [0.2, 0.25) is 10.0 Å². The molecule has 0 spiro atoms. The Morgan fingerprint density at radius 3 is 2.26 bits per heavy atom. The summed E-state index contributed by atoms with van der Waals surface area (Å²) in [4.78, 5) is 15.4. The number of aryl methyl sites for hydroxylation is 4. The predicted molar refractivity (Wildman–Crippen MR) is 109 cm³/mol. The molecule has 0 amide bonds. The number of rotatable bonds is 5. The van der Waals surface area contributed by atoms with Gasteiger partial charge in [-0.15, -0.1) is 0 Å². The fourth-order valence-corrected chi connectivity index (χ4v) is 5.02. The van der Waals surface area contributed by atoms with Crippen LogP contribution in [0.2, 0.25) is 0 Å². The van der Waals surface area contributed by atoms with E-state index in [4.69, 9.17) is 0 Å². The van der Waals surface area contributed by atoms with Crippen LogP contribution in [0.25, 0.3) is 10.9 Å². The molecule has 0 aliphatic rings. The summed E-state index contributed by atoms with van der Waals surface area (Å²) < 4.78 is 28.1. The van der Waals surface area contributed by atoms with Crippen molar-refractivity contribution >= 4 is 20.9 Å². The van der Waals surface area contributed by atoms with Gasteiger partial charge >= 0.3 is 0 Å². The van der Waals surface area contributed by atoms with Crippen LogP contribution in [0.15, 0.2) is 46.1 Å². The van der Waals surface area contributed by atoms with E-state index in [0.29, 0.717) is 16.9 Å². The summed E-state index contributed by atoms with van der Waals surface area (Å²) in [6.45, 7) is 7.69. The first-order valence-electron chi connectivity index (χ1n) is 8.87. The molecular weight excluding hydrogens is 360 g/mol. The average Bonchev–Trinajstić information content (AvgIpc) is 2.54. The van der Waals surface area contributed by atoms with Crippen molar-refractivity contribution in [2.45, 2.75) is 39.0 Å². The van der Waals surface area contributed by atoms with E-state index in [2.05, 4.69) is 9.71 Å². The Balaban J connectivity index is 1.81. The second-order valence-electron chi connectivity index (χ2n) is 7.09.